The average molecular weight is 263 g/mol. The van der Waals surface area contributed by atoms with Gasteiger partial charge in [-0.1, -0.05) is 30.3 Å². The molecule has 0 fully saturated rings. The summed E-state index contributed by atoms with van der Waals surface area (Å²) in [7, 11) is 0. The molecule has 0 spiro atoms. The maximum absolute atomic E-state index is 11.9. The number of carbonyl (C=O) groups excluding carboxylic acids is 1. The summed E-state index contributed by atoms with van der Waals surface area (Å²) >= 11 is 5.60. The molecule has 0 aliphatic heterocycles. The topological polar surface area (TPSA) is 29.1 Å². The summed E-state index contributed by atoms with van der Waals surface area (Å²) in [4.78, 5) is 13.4. The van der Waals surface area contributed by atoms with E-state index in [9.17, 15) is 4.79 Å². The number of thiophene rings is 1. The molecule has 1 amide bonds. The van der Waals surface area contributed by atoms with E-state index in [4.69, 9.17) is 0 Å². The molecule has 0 radical (unpaired) electrons. The van der Waals surface area contributed by atoms with E-state index in [2.05, 4.69) is 17.9 Å². The van der Waals surface area contributed by atoms with Gasteiger partial charge in [-0.25, -0.2) is 0 Å². The molecular weight excluding hydrogens is 250 g/mol. The summed E-state index contributed by atoms with van der Waals surface area (Å²) in [5, 5.41) is 4.82. The van der Waals surface area contributed by atoms with Crippen LogP contribution in [0.2, 0.25) is 0 Å². The second kappa shape index (κ2) is 5.38. The number of hydrogen-bond donors (Lipinski definition) is 2. The second-order valence-electron chi connectivity index (χ2n) is 3.77. The van der Waals surface area contributed by atoms with Crippen molar-refractivity contribution in [2.24, 2.45) is 0 Å². The minimum Gasteiger partial charge on any atom is -0.345 e. The quantitative estimate of drug-likeness (QED) is 0.815. The van der Waals surface area contributed by atoms with Crippen LogP contribution in [-0.4, -0.2) is 5.91 Å². The normalized spacial score (nSPS) is 12.1. The molecule has 1 atom stereocenters. The van der Waals surface area contributed by atoms with Crippen LogP contribution in [0.1, 0.15) is 28.2 Å². The van der Waals surface area contributed by atoms with Gasteiger partial charge in [-0.15, -0.1) is 24.0 Å². The molecule has 0 bridgehead atoms. The molecule has 0 saturated carbocycles. The minimum absolute atomic E-state index is 0.00849. The molecule has 1 N–H and O–H groups in total. The first kappa shape index (κ1) is 12.2. The van der Waals surface area contributed by atoms with Gasteiger partial charge >= 0.3 is 0 Å². The van der Waals surface area contributed by atoms with Crippen molar-refractivity contribution in [2.75, 3.05) is 0 Å². The average Bonchev–Trinajstić information content (AvgIpc) is 2.77. The van der Waals surface area contributed by atoms with Gasteiger partial charge in [-0.2, -0.15) is 0 Å². The fourth-order valence-electron chi connectivity index (χ4n) is 1.54. The van der Waals surface area contributed by atoms with Gasteiger partial charge in [0.15, 0.2) is 0 Å². The van der Waals surface area contributed by atoms with Gasteiger partial charge in [-0.05, 0) is 18.6 Å². The predicted molar refractivity (Wildman–Crippen MR) is 73.9 cm³/mol. The molecule has 2 nitrogen and oxygen atoms in total. The van der Waals surface area contributed by atoms with E-state index < -0.39 is 0 Å². The van der Waals surface area contributed by atoms with Crippen LogP contribution in [0.5, 0.6) is 0 Å². The third-order valence-electron chi connectivity index (χ3n) is 2.46. The zero-order valence-electron chi connectivity index (χ0n) is 9.38. The number of nitrogens with one attached hydrogen (secondary N) is 1. The molecule has 0 saturated heterocycles. The Kier molecular flexibility index (Phi) is 3.86. The van der Waals surface area contributed by atoms with Gasteiger partial charge < -0.3 is 5.32 Å². The van der Waals surface area contributed by atoms with Gasteiger partial charge in [-0.3, -0.25) is 4.79 Å². The Hall–Kier alpha value is -1.26. The van der Waals surface area contributed by atoms with E-state index in [1.807, 2.05) is 42.6 Å². The molecule has 2 rings (SSSR count). The number of benzene rings is 1. The van der Waals surface area contributed by atoms with Crippen molar-refractivity contribution < 1.29 is 4.79 Å². The lowest BCUT2D eigenvalue weighted by molar-refractivity contribution is 0.0944. The molecular formula is C13H13NOS2. The van der Waals surface area contributed by atoms with Gasteiger partial charge in [0, 0.05) is 10.3 Å². The van der Waals surface area contributed by atoms with Crippen LogP contribution >= 0.6 is 24.0 Å². The molecule has 17 heavy (non-hydrogen) atoms. The molecule has 2 aromatic rings. The lowest BCUT2D eigenvalue weighted by Gasteiger charge is -2.13. The van der Waals surface area contributed by atoms with Crippen LogP contribution in [0.25, 0.3) is 0 Å². The fraction of sp³-hybridized carbons (Fsp3) is 0.154. The number of hydrogen-bond acceptors (Lipinski definition) is 3. The van der Waals surface area contributed by atoms with Gasteiger partial charge in [0.2, 0.25) is 0 Å². The third kappa shape index (κ3) is 3.11. The Morgan fingerprint density at radius 3 is 2.65 bits per heavy atom. The Balaban J connectivity index is 2.04. The maximum atomic E-state index is 11.9. The molecule has 1 unspecified atom stereocenters. The molecule has 4 heteroatoms. The van der Waals surface area contributed by atoms with Crippen molar-refractivity contribution in [3.05, 3.63) is 52.2 Å². The fourth-order valence-corrected chi connectivity index (χ4v) is 2.59. The summed E-state index contributed by atoms with van der Waals surface area (Å²) < 4.78 is 0. The Bertz CT molecular complexity index is 507. The van der Waals surface area contributed by atoms with E-state index in [0.717, 1.165) is 10.5 Å². The van der Waals surface area contributed by atoms with E-state index in [1.54, 1.807) is 6.07 Å². The van der Waals surface area contributed by atoms with E-state index >= 15 is 0 Å². The van der Waals surface area contributed by atoms with E-state index in [0.29, 0.717) is 4.88 Å². The van der Waals surface area contributed by atoms with Crippen molar-refractivity contribution in [1.29, 1.82) is 0 Å². The Morgan fingerprint density at radius 1 is 1.35 bits per heavy atom. The highest BCUT2D eigenvalue weighted by Gasteiger charge is 2.12. The first-order chi connectivity index (χ1) is 8.16. The SMILES string of the molecule is CC(NC(=O)c1cc(S)cs1)c1ccccc1. The van der Waals surface area contributed by atoms with Gasteiger partial charge in [0.1, 0.15) is 0 Å². The Morgan fingerprint density at radius 2 is 2.06 bits per heavy atom. The van der Waals surface area contributed by atoms with Gasteiger partial charge in [0.05, 0.1) is 10.9 Å². The number of thiol groups is 1. The zero-order chi connectivity index (χ0) is 12.3. The smallest absolute Gasteiger partial charge is 0.261 e. The molecule has 0 aliphatic rings. The number of rotatable bonds is 3. The lowest BCUT2D eigenvalue weighted by Crippen LogP contribution is -2.25. The van der Waals surface area contributed by atoms with Crippen molar-refractivity contribution >= 4 is 29.9 Å². The van der Waals surface area contributed by atoms with Crippen molar-refractivity contribution in [1.82, 2.24) is 5.32 Å². The maximum Gasteiger partial charge on any atom is 0.261 e. The number of amides is 1. The molecule has 1 heterocycles. The highest BCUT2D eigenvalue weighted by Crippen LogP contribution is 2.19. The van der Waals surface area contributed by atoms with Crippen LogP contribution in [0.3, 0.4) is 0 Å². The number of carbonyl (C=O) groups is 1. The van der Waals surface area contributed by atoms with Crippen molar-refractivity contribution in [3.8, 4) is 0 Å². The van der Waals surface area contributed by atoms with Crippen molar-refractivity contribution in [2.45, 2.75) is 17.9 Å². The highest BCUT2D eigenvalue weighted by atomic mass is 32.1. The van der Waals surface area contributed by atoms with E-state index in [1.165, 1.54) is 11.3 Å². The third-order valence-corrected chi connectivity index (χ3v) is 3.82. The molecule has 88 valence electrons. The standard InChI is InChI=1S/C13H13NOS2/c1-9(10-5-3-2-4-6-10)14-13(15)12-7-11(16)8-17-12/h2-9,16H,1H3,(H,14,15). The van der Waals surface area contributed by atoms with Gasteiger partial charge in [0.25, 0.3) is 5.91 Å². The van der Waals surface area contributed by atoms with Crippen LogP contribution in [0.4, 0.5) is 0 Å². The summed E-state index contributed by atoms with van der Waals surface area (Å²) in [6.07, 6.45) is 0. The second-order valence-corrected chi connectivity index (χ2v) is 5.20. The first-order valence-electron chi connectivity index (χ1n) is 5.30. The van der Waals surface area contributed by atoms with Crippen LogP contribution in [0, 0.1) is 0 Å². The Labute approximate surface area is 110 Å². The minimum atomic E-state index is -0.0494. The summed E-state index contributed by atoms with van der Waals surface area (Å²) in [6.45, 7) is 1.97. The van der Waals surface area contributed by atoms with Crippen LogP contribution in [-0.2, 0) is 0 Å². The predicted octanol–water partition coefficient (Wildman–Crippen LogP) is 3.53. The summed E-state index contributed by atoms with van der Waals surface area (Å²) in [6, 6.07) is 11.7. The highest BCUT2D eigenvalue weighted by molar-refractivity contribution is 7.80. The monoisotopic (exact) mass is 263 g/mol. The van der Waals surface area contributed by atoms with Crippen LogP contribution in [0.15, 0.2) is 46.7 Å². The first-order valence-corrected chi connectivity index (χ1v) is 6.63. The molecule has 1 aromatic heterocycles. The van der Waals surface area contributed by atoms with E-state index in [-0.39, 0.29) is 11.9 Å². The molecule has 1 aromatic carbocycles. The largest absolute Gasteiger partial charge is 0.345 e. The van der Waals surface area contributed by atoms with Crippen molar-refractivity contribution in [3.63, 3.8) is 0 Å². The van der Waals surface area contributed by atoms with Crippen LogP contribution < -0.4 is 5.32 Å². The lowest BCUT2D eigenvalue weighted by atomic mass is 10.1. The zero-order valence-corrected chi connectivity index (χ0v) is 11.1. The summed E-state index contributed by atoms with van der Waals surface area (Å²) in [5.74, 6) is -0.0494. The molecule has 0 aliphatic carbocycles. The summed E-state index contributed by atoms with van der Waals surface area (Å²) in [5.41, 5.74) is 1.10.